The third kappa shape index (κ3) is 8.20. The molecule has 0 fully saturated rings. The number of ether oxygens (including phenoxy) is 1. The fraction of sp³-hybridized carbons (Fsp3) is 0.471. The molecule has 0 unspecified atom stereocenters. The maximum atomic E-state index is 11.3. The van der Waals surface area contributed by atoms with E-state index in [-0.39, 0.29) is 5.97 Å². The van der Waals surface area contributed by atoms with E-state index in [2.05, 4.69) is 43.3 Å². The lowest BCUT2D eigenvalue weighted by Crippen LogP contribution is -2.04. The number of hydrogen-bond donors (Lipinski definition) is 0. The van der Waals surface area contributed by atoms with E-state index in [0.717, 1.165) is 32.1 Å². The number of allylic oxidation sites excluding steroid dienone is 2. The first kappa shape index (κ1) is 15.5. The minimum Gasteiger partial charge on any atom is -0.466 e. The number of rotatable bonds is 9. The van der Waals surface area contributed by atoms with Gasteiger partial charge in [0.05, 0.1) is 6.61 Å². The number of unbranched alkanes of at least 4 members (excludes halogenated alkanes) is 1. The number of esters is 1. The minimum absolute atomic E-state index is 0.0823. The molecule has 2 heteroatoms. The highest BCUT2D eigenvalue weighted by atomic mass is 16.5. The van der Waals surface area contributed by atoms with Gasteiger partial charge in [-0.1, -0.05) is 55.8 Å². The quantitative estimate of drug-likeness (QED) is 0.376. The highest BCUT2D eigenvalue weighted by molar-refractivity contribution is 5.69. The summed E-state index contributed by atoms with van der Waals surface area (Å²) in [5, 5.41) is 0. The lowest BCUT2D eigenvalue weighted by atomic mass is 10.1. The SMILES string of the molecule is CCCCOC(=O)CCC=CCCc1ccccc1. The number of carbonyl (C=O) groups excluding carboxylic acids is 1. The minimum atomic E-state index is -0.0823. The Morgan fingerprint density at radius 2 is 1.89 bits per heavy atom. The van der Waals surface area contributed by atoms with Crippen molar-refractivity contribution in [1.82, 2.24) is 0 Å². The van der Waals surface area contributed by atoms with E-state index in [0.29, 0.717) is 13.0 Å². The molecule has 0 amide bonds. The Hall–Kier alpha value is -1.57. The Morgan fingerprint density at radius 3 is 2.63 bits per heavy atom. The summed E-state index contributed by atoms with van der Waals surface area (Å²) in [5.41, 5.74) is 1.35. The molecule has 0 N–H and O–H groups in total. The normalized spacial score (nSPS) is 10.8. The summed E-state index contributed by atoms with van der Waals surface area (Å²) in [4.78, 5) is 11.3. The van der Waals surface area contributed by atoms with Gasteiger partial charge in [0.25, 0.3) is 0 Å². The Labute approximate surface area is 116 Å². The molecule has 0 spiro atoms. The van der Waals surface area contributed by atoms with Gasteiger partial charge in [-0.15, -0.1) is 0 Å². The van der Waals surface area contributed by atoms with Crippen LogP contribution in [-0.4, -0.2) is 12.6 Å². The average Bonchev–Trinajstić information content (AvgIpc) is 2.44. The lowest BCUT2D eigenvalue weighted by molar-refractivity contribution is -0.143. The second-order valence-corrected chi connectivity index (χ2v) is 4.61. The van der Waals surface area contributed by atoms with Crippen molar-refractivity contribution < 1.29 is 9.53 Å². The Balaban J connectivity index is 2.03. The van der Waals surface area contributed by atoms with E-state index in [4.69, 9.17) is 4.74 Å². The predicted octanol–water partition coefficient (Wildman–Crippen LogP) is 4.30. The highest BCUT2D eigenvalue weighted by Gasteiger charge is 1.99. The van der Waals surface area contributed by atoms with Crippen molar-refractivity contribution in [3.05, 3.63) is 48.0 Å². The second kappa shape index (κ2) is 10.4. The Kier molecular flexibility index (Phi) is 8.45. The van der Waals surface area contributed by atoms with Gasteiger partial charge in [-0.05, 0) is 31.2 Å². The van der Waals surface area contributed by atoms with E-state index in [1.54, 1.807) is 0 Å². The van der Waals surface area contributed by atoms with Crippen LogP contribution in [0.25, 0.3) is 0 Å². The first-order valence-electron chi connectivity index (χ1n) is 7.17. The van der Waals surface area contributed by atoms with E-state index in [1.165, 1.54) is 5.56 Å². The van der Waals surface area contributed by atoms with E-state index in [1.807, 2.05) is 6.07 Å². The van der Waals surface area contributed by atoms with Crippen molar-refractivity contribution in [3.63, 3.8) is 0 Å². The molecule has 0 saturated carbocycles. The molecule has 0 heterocycles. The molecule has 1 rings (SSSR count). The first-order valence-corrected chi connectivity index (χ1v) is 7.17. The van der Waals surface area contributed by atoms with Gasteiger partial charge in [-0.2, -0.15) is 0 Å². The maximum absolute atomic E-state index is 11.3. The molecule has 0 aliphatic heterocycles. The van der Waals surface area contributed by atoms with Crippen LogP contribution in [0.15, 0.2) is 42.5 Å². The number of aryl methyl sites for hydroxylation is 1. The van der Waals surface area contributed by atoms with Gasteiger partial charge in [-0.3, -0.25) is 4.79 Å². The zero-order chi connectivity index (χ0) is 13.8. The molecule has 1 aromatic carbocycles. The van der Waals surface area contributed by atoms with Gasteiger partial charge >= 0.3 is 5.97 Å². The molecule has 0 bridgehead atoms. The summed E-state index contributed by atoms with van der Waals surface area (Å²) in [5.74, 6) is -0.0823. The molecule has 0 aliphatic rings. The fourth-order valence-electron chi connectivity index (χ4n) is 1.73. The van der Waals surface area contributed by atoms with Crippen molar-refractivity contribution >= 4 is 5.97 Å². The maximum Gasteiger partial charge on any atom is 0.306 e. The van der Waals surface area contributed by atoms with Crippen molar-refractivity contribution in [2.45, 2.75) is 45.4 Å². The summed E-state index contributed by atoms with van der Waals surface area (Å²) < 4.78 is 5.09. The molecule has 0 atom stereocenters. The largest absolute Gasteiger partial charge is 0.466 e. The molecule has 0 aromatic heterocycles. The molecule has 0 radical (unpaired) electrons. The van der Waals surface area contributed by atoms with Crippen LogP contribution < -0.4 is 0 Å². The molecule has 0 saturated heterocycles. The first-order chi connectivity index (χ1) is 9.33. The van der Waals surface area contributed by atoms with Crippen LogP contribution >= 0.6 is 0 Å². The van der Waals surface area contributed by atoms with Crippen LogP contribution in [0.5, 0.6) is 0 Å². The van der Waals surface area contributed by atoms with Gasteiger partial charge < -0.3 is 4.74 Å². The number of hydrogen-bond acceptors (Lipinski definition) is 2. The summed E-state index contributed by atoms with van der Waals surface area (Å²) in [6.45, 7) is 2.65. The van der Waals surface area contributed by atoms with Crippen LogP contribution in [0.4, 0.5) is 0 Å². The molecule has 2 nitrogen and oxygen atoms in total. The predicted molar refractivity (Wildman–Crippen MR) is 79.0 cm³/mol. The molecular formula is C17H24O2. The zero-order valence-electron chi connectivity index (χ0n) is 11.8. The monoisotopic (exact) mass is 260 g/mol. The molecule has 0 aliphatic carbocycles. The van der Waals surface area contributed by atoms with Gasteiger partial charge in [0.2, 0.25) is 0 Å². The van der Waals surface area contributed by atoms with E-state index >= 15 is 0 Å². The Morgan fingerprint density at radius 1 is 1.16 bits per heavy atom. The molecule has 19 heavy (non-hydrogen) atoms. The average molecular weight is 260 g/mol. The Bertz CT molecular complexity index is 368. The van der Waals surface area contributed by atoms with Gasteiger partial charge in [0.15, 0.2) is 0 Å². The van der Waals surface area contributed by atoms with E-state index in [9.17, 15) is 4.79 Å². The zero-order valence-corrected chi connectivity index (χ0v) is 11.8. The number of carbonyl (C=O) groups is 1. The molecular weight excluding hydrogens is 236 g/mol. The smallest absolute Gasteiger partial charge is 0.306 e. The lowest BCUT2D eigenvalue weighted by Gasteiger charge is -2.01. The highest BCUT2D eigenvalue weighted by Crippen LogP contribution is 2.04. The van der Waals surface area contributed by atoms with Crippen LogP contribution in [0.3, 0.4) is 0 Å². The molecule has 104 valence electrons. The third-order valence-electron chi connectivity index (χ3n) is 2.89. The summed E-state index contributed by atoms with van der Waals surface area (Å²) >= 11 is 0. The van der Waals surface area contributed by atoms with Crippen molar-refractivity contribution in [2.24, 2.45) is 0 Å². The van der Waals surface area contributed by atoms with Crippen molar-refractivity contribution in [3.8, 4) is 0 Å². The van der Waals surface area contributed by atoms with Crippen LogP contribution in [0.2, 0.25) is 0 Å². The summed E-state index contributed by atoms with van der Waals surface area (Å²) in [6, 6.07) is 10.4. The van der Waals surface area contributed by atoms with Crippen LogP contribution in [-0.2, 0) is 16.0 Å². The fourth-order valence-corrected chi connectivity index (χ4v) is 1.73. The standard InChI is InChI=1S/C17H24O2/c1-2-3-15-19-17(18)14-10-5-4-7-11-16-12-8-6-9-13-16/h4-6,8-9,12-13H,2-3,7,10-11,14-15H2,1H3. The summed E-state index contributed by atoms with van der Waals surface area (Å²) in [7, 11) is 0. The van der Waals surface area contributed by atoms with Crippen LogP contribution in [0.1, 0.15) is 44.6 Å². The van der Waals surface area contributed by atoms with E-state index < -0.39 is 0 Å². The van der Waals surface area contributed by atoms with Gasteiger partial charge in [0.1, 0.15) is 0 Å². The van der Waals surface area contributed by atoms with Crippen LogP contribution in [0, 0.1) is 0 Å². The third-order valence-corrected chi connectivity index (χ3v) is 2.89. The topological polar surface area (TPSA) is 26.3 Å². The van der Waals surface area contributed by atoms with Crippen molar-refractivity contribution in [1.29, 1.82) is 0 Å². The van der Waals surface area contributed by atoms with Gasteiger partial charge in [-0.25, -0.2) is 0 Å². The van der Waals surface area contributed by atoms with Gasteiger partial charge in [0, 0.05) is 6.42 Å². The molecule has 1 aromatic rings. The second-order valence-electron chi connectivity index (χ2n) is 4.61. The van der Waals surface area contributed by atoms with Crippen molar-refractivity contribution in [2.75, 3.05) is 6.61 Å². The summed E-state index contributed by atoms with van der Waals surface area (Å²) in [6.07, 6.45) is 9.58. The number of benzene rings is 1.